The Morgan fingerprint density at radius 1 is 0.657 bits per heavy atom. The molecule has 67 heavy (non-hydrogen) atoms. The predicted molar refractivity (Wildman–Crippen MR) is 235 cm³/mol. The third kappa shape index (κ3) is 11.8. The molecule has 0 aliphatic carbocycles. The van der Waals surface area contributed by atoms with E-state index in [1.807, 2.05) is 40.1 Å². The van der Waals surface area contributed by atoms with Crippen LogP contribution < -0.4 is 29.9 Å². The molecule has 16 nitrogen and oxygen atoms in total. The number of hydrogen-bond donors (Lipinski definition) is 3. The number of nitrogens with one attached hydrogen (secondary N) is 2. The van der Waals surface area contributed by atoms with Gasteiger partial charge in [-0.2, -0.15) is 8.78 Å². The smallest absolute Gasteiger partial charge is 0.228 e. The molecule has 4 aliphatic rings. The number of halogens is 4. The summed E-state index contributed by atoms with van der Waals surface area (Å²) < 4.78 is 71.0. The normalized spacial score (nSPS) is 21.6. The third-order valence-electron chi connectivity index (χ3n) is 12.7. The van der Waals surface area contributed by atoms with Gasteiger partial charge in [0.2, 0.25) is 35.3 Å². The molecule has 3 aromatic rings. The van der Waals surface area contributed by atoms with Gasteiger partial charge in [-0.15, -0.1) is 0 Å². The molecule has 0 spiro atoms. The van der Waals surface area contributed by atoms with Gasteiger partial charge in [-0.3, -0.25) is 28.8 Å². The number of rotatable bonds is 15. The van der Waals surface area contributed by atoms with Crippen LogP contribution in [0.25, 0.3) is 0 Å². The molecule has 4 atom stereocenters. The van der Waals surface area contributed by atoms with Crippen LogP contribution in [0.1, 0.15) is 45.1 Å². The van der Waals surface area contributed by atoms with Gasteiger partial charge in [0.25, 0.3) is 0 Å². The second-order valence-corrected chi connectivity index (χ2v) is 17.5. The van der Waals surface area contributed by atoms with Crippen molar-refractivity contribution in [1.29, 1.82) is 0 Å². The number of hydrogen-bond acceptors (Lipinski definition) is 12. The molecule has 3 aromatic carbocycles. The van der Waals surface area contributed by atoms with Crippen LogP contribution in [-0.4, -0.2) is 141 Å². The molecule has 362 valence electrons. The summed E-state index contributed by atoms with van der Waals surface area (Å²) in [6.07, 6.45) is -0.267. The average Bonchev–Trinajstić information content (AvgIpc) is 3.74. The summed E-state index contributed by atoms with van der Waals surface area (Å²) in [5.41, 5.74) is -0.414. The number of methoxy groups -OCH3 is 2. The minimum Gasteiger partial charge on any atom is -0.493 e. The van der Waals surface area contributed by atoms with Crippen LogP contribution in [-0.2, 0) is 40.1 Å². The number of ether oxygens (including phenoxy) is 3. The van der Waals surface area contributed by atoms with E-state index in [-0.39, 0.29) is 79.0 Å². The number of carbonyl (C=O) groups excluding carboxylic acids is 6. The Morgan fingerprint density at radius 3 is 1.46 bits per heavy atom. The second kappa shape index (κ2) is 21.6. The first-order chi connectivity index (χ1) is 31.9. The van der Waals surface area contributed by atoms with Crippen LogP contribution in [0.2, 0.25) is 0 Å². The average molecular weight is 941 g/mol. The molecular formula is C47H56F4N6O10. The fourth-order valence-electron chi connectivity index (χ4n) is 8.83. The van der Waals surface area contributed by atoms with E-state index in [9.17, 15) is 51.4 Å². The number of Topliss-reactive ketones (excluding diaryl/α,β-unsaturated/α-hetero) is 2. The first-order valence-corrected chi connectivity index (χ1v) is 21.9. The fraction of sp³-hybridized carbons (Fsp3) is 0.489. The first-order valence-electron chi connectivity index (χ1n) is 21.9. The van der Waals surface area contributed by atoms with Gasteiger partial charge >= 0.3 is 0 Å². The van der Waals surface area contributed by atoms with Crippen LogP contribution in [0.3, 0.4) is 0 Å². The number of aliphatic hydroxyl groups excluding tert-OH is 1. The Labute approximate surface area is 385 Å². The Balaban J connectivity index is 0.000000226. The summed E-state index contributed by atoms with van der Waals surface area (Å²) in [7, 11) is 2.53. The molecule has 4 aliphatic heterocycles. The second-order valence-electron chi connectivity index (χ2n) is 17.5. The van der Waals surface area contributed by atoms with Gasteiger partial charge in [0.05, 0.1) is 69.8 Å². The van der Waals surface area contributed by atoms with E-state index >= 15 is 0 Å². The third-order valence-corrected chi connectivity index (χ3v) is 12.7. The Hall–Kier alpha value is -6.28. The minimum atomic E-state index is -1.16. The van der Waals surface area contributed by atoms with E-state index in [1.54, 1.807) is 23.6 Å². The fourth-order valence-corrected chi connectivity index (χ4v) is 8.83. The highest BCUT2D eigenvalue weighted by Crippen LogP contribution is 2.32. The van der Waals surface area contributed by atoms with Crippen molar-refractivity contribution in [3.8, 4) is 11.5 Å². The topological polar surface area (TPSA) is 187 Å². The van der Waals surface area contributed by atoms with Gasteiger partial charge in [-0.05, 0) is 32.3 Å². The number of nitrogens with zero attached hydrogens (tertiary/aromatic N) is 4. The minimum absolute atomic E-state index is 0.0213. The van der Waals surface area contributed by atoms with E-state index in [2.05, 4.69) is 10.6 Å². The van der Waals surface area contributed by atoms with Crippen molar-refractivity contribution >= 4 is 46.6 Å². The molecule has 4 saturated heterocycles. The van der Waals surface area contributed by atoms with Crippen LogP contribution >= 0.6 is 0 Å². The van der Waals surface area contributed by atoms with Crippen LogP contribution in [0.4, 0.5) is 28.9 Å². The lowest BCUT2D eigenvalue weighted by Crippen LogP contribution is -2.53. The Morgan fingerprint density at radius 2 is 1.07 bits per heavy atom. The summed E-state index contributed by atoms with van der Waals surface area (Å²) in [4.78, 5) is 81.4. The van der Waals surface area contributed by atoms with E-state index in [0.29, 0.717) is 70.3 Å². The van der Waals surface area contributed by atoms with Crippen LogP contribution in [0.5, 0.6) is 11.5 Å². The van der Waals surface area contributed by atoms with E-state index in [1.165, 1.54) is 26.4 Å². The summed E-state index contributed by atoms with van der Waals surface area (Å²) in [5.74, 6) is -7.71. The molecule has 0 saturated carbocycles. The molecule has 0 bridgehead atoms. The highest BCUT2D eigenvalue weighted by atomic mass is 19.2. The standard InChI is InChI=1S/C27H31F2N3O5.C20H25F2N3O5/c1-27(23(33)14-24(34)30-27)15-19(17-37-16-18-6-4-3-5-7-18)26(35)32-10-8-31(9-11-32)20-12-21(28)25(29)22(13-20)36-2;1-20(16(27)9-17(28)23-20)10-12(11-26)19(29)25-5-3-24(4-6-25)13-7-14(21)18(22)15(8-13)30-2/h3-7,12-13,19H,8-11,14-17H2,1-2H3,(H,30,34);7-8,12,26H,3-6,9-11H2,1-2H3,(H,23,28)/t19-,27-;12-,20-/m11/s1. The molecule has 7 rings (SSSR count). The van der Waals surface area contributed by atoms with Crippen molar-refractivity contribution in [2.24, 2.45) is 11.8 Å². The van der Waals surface area contributed by atoms with Crippen molar-refractivity contribution in [3.63, 3.8) is 0 Å². The molecule has 4 heterocycles. The van der Waals surface area contributed by atoms with Gasteiger partial charge < -0.3 is 49.6 Å². The number of benzene rings is 3. The number of ketones is 2. The SMILES string of the molecule is COc1cc(N2CCN(C(=O)[C@@H](CO)C[C@@]3(C)NC(=O)CC3=O)CC2)cc(F)c1F.COc1cc(N2CCN(C(=O)[C@@H](COCc3ccccc3)C[C@@]3(C)NC(=O)CC3=O)CC2)cc(F)c1F. The Bertz CT molecular complexity index is 2330. The molecule has 0 aromatic heterocycles. The summed E-state index contributed by atoms with van der Waals surface area (Å²) in [6.45, 7) is 6.07. The van der Waals surface area contributed by atoms with Crippen molar-refractivity contribution in [2.75, 3.05) is 89.6 Å². The zero-order valence-electron chi connectivity index (χ0n) is 37.9. The lowest BCUT2D eigenvalue weighted by Gasteiger charge is -2.38. The first kappa shape index (κ1) is 50.1. The number of piperazine rings is 2. The molecule has 0 radical (unpaired) electrons. The maximum Gasteiger partial charge on any atom is 0.228 e. The van der Waals surface area contributed by atoms with Crippen LogP contribution in [0, 0.1) is 35.1 Å². The Kier molecular flexibility index (Phi) is 16.1. The quantitative estimate of drug-likeness (QED) is 0.150. The summed E-state index contributed by atoms with van der Waals surface area (Å²) >= 11 is 0. The van der Waals surface area contributed by atoms with Crippen molar-refractivity contribution < 1.29 is 65.6 Å². The lowest BCUT2D eigenvalue weighted by molar-refractivity contribution is -0.140. The number of anilines is 2. The summed E-state index contributed by atoms with van der Waals surface area (Å²) in [5, 5.41) is 15.0. The maximum absolute atomic E-state index is 14.0. The maximum atomic E-state index is 14.0. The largest absolute Gasteiger partial charge is 0.493 e. The number of carbonyl (C=O) groups is 6. The van der Waals surface area contributed by atoms with Gasteiger partial charge in [-0.1, -0.05) is 30.3 Å². The molecule has 20 heteroatoms. The van der Waals surface area contributed by atoms with Crippen molar-refractivity contribution in [1.82, 2.24) is 20.4 Å². The van der Waals surface area contributed by atoms with Gasteiger partial charge in [-0.25, -0.2) is 8.78 Å². The zero-order valence-corrected chi connectivity index (χ0v) is 37.9. The van der Waals surface area contributed by atoms with Crippen LogP contribution in [0.15, 0.2) is 54.6 Å². The molecule has 4 fully saturated rings. The molecule has 3 N–H and O–H groups in total. The van der Waals surface area contributed by atoms with Gasteiger partial charge in [0.1, 0.15) is 0 Å². The zero-order chi connectivity index (χ0) is 48.6. The van der Waals surface area contributed by atoms with E-state index in [4.69, 9.17) is 14.2 Å². The molecule has 4 amide bonds. The molecular weight excluding hydrogens is 885 g/mol. The van der Waals surface area contributed by atoms with Crippen molar-refractivity contribution in [3.05, 3.63) is 83.4 Å². The number of amides is 4. The highest BCUT2D eigenvalue weighted by molar-refractivity contribution is 6.10. The number of aliphatic hydroxyl groups is 1. The van der Waals surface area contributed by atoms with Gasteiger partial charge in [0.15, 0.2) is 34.7 Å². The molecule has 0 unspecified atom stereocenters. The van der Waals surface area contributed by atoms with E-state index < -0.39 is 52.8 Å². The lowest BCUT2D eigenvalue weighted by atomic mass is 9.86. The highest BCUT2D eigenvalue weighted by Gasteiger charge is 2.46. The van der Waals surface area contributed by atoms with Gasteiger partial charge in [0, 0.05) is 88.0 Å². The monoisotopic (exact) mass is 940 g/mol. The van der Waals surface area contributed by atoms with E-state index in [0.717, 1.165) is 17.7 Å². The van der Waals surface area contributed by atoms with Crippen molar-refractivity contribution in [2.45, 2.75) is 57.2 Å². The summed E-state index contributed by atoms with van der Waals surface area (Å²) in [6, 6.07) is 14.6. The predicted octanol–water partition coefficient (Wildman–Crippen LogP) is 3.16.